The summed E-state index contributed by atoms with van der Waals surface area (Å²) in [7, 11) is 6.07. The van der Waals surface area contributed by atoms with Gasteiger partial charge in [-0.1, -0.05) is 5.16 Å². The van der Waals surface area contributed by atoms with E-state index in [2.05, 4.69) is 38.0 Å². The lowest BCUT2D eigenvalue weighted by Crippen LogP contribution is -2.46. The van der Waals surface area contributed by atoms with Gasteiger partial charge in [-0.15, -0.1) is 0 Å². The maximum absolute atomic E-state index is 5.50. The summed E-state index contributed by atoms with van der Waals surface area (Å²) in [5.74, 6) is 3.42. The molecule has 7 nitrogen and oxygen atoms in total. The Hall–Kier alpha value is -2.15. The minimum atomic E-state index is 0.448. The second kappa shape index (κ2) is 7.23. The predicted molar refractivity (Wildman–Crippen MR) is 102 cm³/mol. The number of nitrogens with zero attached hydrogens (tertiary/aromatic N) is 6. The number of anilines is 2. The van der Waals surface area contributed by atoms with Crippen LogP contribution in [0.3, 0.4) is 0 Å². The summed E-state index contributed by atoms with van der Waals surface area (Å²) in [6, 6.07) is 4.59. The van der Waals surface area contributed by atoms with E-state index in [1.165, 1.54) is 25.7 Å². The molecule has 140 valence electrons. The van der Waals surface area contributed by atoms with Crippen molar-refractivity contribution in [2.45, 2.75) is 44.2 Å². The zero-order valence-corrected chi connectivity index (χ0v) is 15.9. The van der Waals surface area contributed by atoms with Crippen LogP contribution in [0.2, 0.25) is 0 Å². The van der Waals surface area contributed by atoms with Gasteiger partial charge in [0.25, 0.3) is 0 Å². The van der Waals surface area contributed by atoms with Crippen molar-refractivity contribution in [3.63, 3.8) is 0 Å². The lowest BCUT2D eigenvalue weighted by atomic mass is 10.0. The number of piperidine rings is 1. The molecular formula is C19H28N6O. The highest BCUT2D eigenvalue weighted by Gasteiger charge is 2.29. The minimum absolute atomic E-state index is 0.448. The second-order valence-corrected chi connectivity index (χ2v) is 7.75. The van der Waals surface area contributed by atoms with Gasteiger partial charge in [0.2, 0.25) is 5.95 Å². The predicted octanol–water partition coefficient (Wildman–Crippen LogP) is 2.51. The van der Waals surface area contributed by atoms with Gasteiger partial charge in [0.1, 0.15) is 11.6 Å². The topological polar surface area (TPSA) is 61.5 Å². The van der Waals surface area contributed by atoms with Crippen molar-refractivity contribution in [2.75, 3.05) is 44.0 Å². The number of rotatable bonds is 6. The summed E-state index contributed by atoms with van der Waals surface area (Å²) in [5, 5.41) is 4.27. The molecule has 4 rings (SSSR count). The van der Waals surface area contributed by atoms with Crippen molar-refractivity contribution in [1.29, 1.82) is 0 Å². The summed E-state index contributed by atoms with van der Waals surface area (Å²) in [6.07, 6.45) is 6.70. The maximum atomic E-state index is 5.50. The van der Waals surface area contributed by atoms with Gasteiger partial charge in [-0.2, -0.15) is 4.98 Å². The fourth-order valence-corrected chi connectivity index (χ4v) is 3.62. The highest BCUT2D eigenvalue weighted by Crippen LogP contribution is 2.40. The Morgan fingerprint density at radius 2 is 2.08 bits per heavy atom. The number of likely N-dealkylation sites (N-methyl/N-ethyl adjacent to an activating group) is 1. The average molecular weight is 356 g/mol. The zero-order valence-electron chi connectivity index (χ0n) is 15.9. The molecule has 1 unspecified atom stereocenters. The summed E-state index contributed by atoms with van der Waals surface area (Å²) >= 11 is 0. The Balaban J connectivity index is 1.39. The number of likely N-dealkylation sites (tertiary alicyclic amines) is 1. The number of aromatic nitrogens is 3. The molecule has 0 radical (unpaired) electrons. The monoisotopic (exact) mass is 356 g/mol. The van der Waals surface area contributed by atoms with Gasteiger partial charge in [0, 0.05) is 58.5 Å². The molecule has 0 spiro atoms. The highest BCUT2D eigenvalue weighted by atomic mass is 16.5. The van der Waals surface area contributed by atoms with Gasteiger partial charge in [-0.3, -0.25) is 4.90 Å². The molecule has 2 aliphatic rings. The molecule has 0 bridgehead atoms. The molecule has 1 atom stereocenters. The Labute approximate surface area is 155 Å². The molecule has 2 fully saturated rings. The van der Waals surface area contributed by atoms with Crippen molar-refractivity contribution < 1.29 is 4.52 Å². The lowest BCUT2D eigenvalue weighted by Gasteiger charge is -2.38. The standard InChI is InChI=1S/C19H28N6O/c1-23(2)19-20-9-8-18(21-19)24(3)16-5-4-10-25(13-16)12-15-11-17(26-22-15)14-6-7-14/h8-9,11,14,16H,4-7,10,12-13H2,1-3H3. The molecule has 2 aromatic heterocycles. The summed E-state index contributed by atoms with van der Waals surface area (Å²) in [4.78, 5) is 15.7. The smallest absolute Gasteiger partial charge is 0.226 e. The van der Waals surface area contributed by atoms with Crippen molar-refractivity contribution >= 4 is 11.8 Å². The number of hydrogen-bond donors (Lipinski definition) is 0. The first kappa shape index (κ1) is 17.3. The first-order chi connectivity index (χ1) is 12.6. The van der Waals surface area contributed by atoms with Crippen LogP contribution in [0.1, 0.15) is 43.1 Å². The highest BCUT2D eigenvalue weighted by molar-refractivity contribution is 5.43. The molecule has 0 aromatic carbocycles. The van der Waals surface area contributed by atoms with Crippen LogP contribution in [-0.4, -0.2) is 60.3 Å². The SMILES string of the molecule is CN(C)c1nccc(N(C)C2CCCN(Cc3cc(C4CC4)on3)C2)n1. The van der Waals surface area contributed by atoms with Crippen LogP contribution in [0.5, 0.6) is 0 Å². The van der Waals surface area contributed by atoms with Gasteiger partial charge in [0.05, 0.1) is 5.69 Å². The third kappa shape index (κ3) is 3.82. The number of hydrogen-bond acceptors (Lipinski definition) is 7. The molecule has 1 saturated carbocycles. The molecule has 2 aromatic rings. The maximum Gasteiger partial charge on any atom is 0.226 e. The first-order valence-electron chi connectivity index (χ1n) is 9.51. The van der Waals surface area contributed by atoms with Crippen LogP contribution in [0.25, 0.3) is 0 Å². The van der Waals surface area contributed by atoms with Gasteiger partial charge in [-0.05, 0) is 38.3 Å². The minimum Gasteiger partial charge on any atom is -0.361 e. The van der Waals surface area contributed by atoms with E-state index in [4.69, 9.17) is 4.52 Å². The van der Waals surface area contributed by atoms with Gasteiger partial charge < -0.3 is 14.3 Å². The van der Waals surface area contributed by atoms with Crippen molar-refractivity contribution in [3.8, 4) is 0 Å². The van der Waals surface area contributed by atoms with E-state index in [0.717, 1.165) is 42.9 Å². The largest absolute Gasteiger partial charge is 0.361 e. The summed E-state index contributed by atoms with van der Waals surface area (Å²) < 4.78 is 5.50. The average Bonchev–Trinajstić information content (AvgIpc) is 3.41. The molecule has 1 aliphatic carbocycles. The third-order valence-corrected chi connectivity index (χ3v) is 5.36. The molecular weight excluding hydrogens is 328 g/mol. The molecule has 26 heavy (non-hydrogen) atoms. The van der Waals surface area contributed by atoms with Crippen molar-refractivity contribution in [1.82, 2.24) is 20.0 Å². The van der Waals surface area contributed by atoms with Gasteiger partial charge in [-0.25, -0.2) is 4.98 Å². The normalized spacial score (nSPS) is 21.0. The van der Waals surface area contributed by atoms with E-state index in [1.807, 2.05) is 31.3 Å². The molecule has 0 amide bonds. The van der Waals surface area contributed by atoms with E-state index in [1.54, 1.807) is 0 Å². The molecule has 7 heteroatoms. The van der Waals surface area contributed by atoms with Crippen LogP contribution >= 0.6 is 0 Å². The second-order valence-electron chi connectivity index (χ2n) is 7.75. The quantitative estimate of drug-likeness (QED) is 0.788. The Morgan fingerprint density at radius 3 is 2.85 bits per heavy atom. The fourth-order valence-electron chi connectivity index (χ4n) is 3.62. The van der Waals surface area contributed by atoms with Crippen LogP contribution in [0, 0.1) is 0 Å². The zero-order chi connectivity index (χ0) is 18.1. The summed E-state index contributed by atoms with van der Waals surface area (Å²) in [5.41, 5.74) is 1.06. The summed E-state index contributed by atoms with van der Waals surface area (Å²) in [6.45, 7) is 3.00. The van der Waals surface area contributed by atoms with Crippen molar-refractivity contribution in [2.24, 2.45) is 0 Å². The van der Waals surface area contributed by atoms with E-state index >= 15 is 0 Å². The van der Waals surface area contributed by atoms with E-state index < -0.39 is 0 Å². The first-order valence-corrected chi connectivity index (χ1v) is 9.51. The van der Waals surface area contributed by atoms with E-state index in [9.17, 15) is 0 Å². The Bertz CT molecular complexity index is 741. The van der Waals surface area contributed by atoms with E-state index in [-0.39, 0.29) is 0 Å². The van der Waals surface area contributed by atoms with Crippen LogP contribution in [-0.2, 0) is 6.54 Å². The van der Waals surface area contributed by atoms with Crippen LogP contribution in [0.4, 0.5) is 11.8 Å². The lowest BCUT2D eigenvalue weighted by molar-refractivity contribution is 0.193. The fraction of sp³-hybridized carbons (Fsp3) is 0.632. The van der Waals surface area contributed by atoms with Gasteiger partial charge >= 0.3 is 0 Å². The van der Waals surface area contributed by atoms with E-state index in [0.29, 0.717) is 12.0 Å². The third-order valence-electron chi connectivity index (χ3n) is 5.36. The molecule has 1 aliphatic heterocycles. The molecule has 3 heterocycles. The molecule has 0 N–H and O–H groups in total. The van der Waals surface area contributed by atoms with Crippen molar-refractivity contribution in [3.05, 3.63) is 29.8 Å². The Kier molecular flexibility index (Phi) is 4.80. The molecule has 1 saturated heterocycles. The van der Waals surface area contributed by atoms with Gasteiger partial charge in [0.15, 0.2) is 0 Å². The van der Waals surface area contributed by atoms with Crippen LogP contribution < -0.4 is 9.80 Å². The van der Waals surface area contributed by atoms with Crippen LogP contribution in [0.15, 0.2) is 22.9 Å². The Morgan fingerprint density at radius 1 is 1.23 bits per heavy atom.